The SMILES string of the molecule is COC(=O)c1ccc(CC2CCN(Cc3ccc(C4COc5ccccc5O4)cc3)CC2)cc1. The van der Waals surface area contributed by atoms with Gasteiger partial charge < -0.3 is 14.2 Å². The highest BCUT2D eigenvalue weighted by Gasteiger charge is 2.23. The van der Waals surface area contributed by atoms with Crippen LogP contribution in [0.5, 0.6) is 11.5 Å². The molecule has 2 heterocycles. The Balaban J connectivity index is 1.10. The third kappa shape index (κ3) is 5.26. The van der Waals surface area contributed by atoms with Crippen molar-refractivity contribution in [2.75, 3.05) is 26.8 Å². The number of hydrogen-bond donors (Lipinski definition) is 0. The van der Waals surface area contributed by atoms with Crippen LogP contribution >= 0.6 is 0 Å². The van der Waals surface area contributed by atoms with Gasteiger partial charge in [0.1, 0.15) is 6.61 Å². The van der Waals surface area contributed by atoms with Gasteiger partial charge in [0.15, 0.2) is 17.6 Å². The van der Waals surface area contributed by atoms with Crippen LogP contribution in [0.25, 0.3) is 0 Å². The van der Waals surface area contributed by atoms with Crippen molar-refractivity contribution in [2.24, 2.45) is 5.92 Å². The molecule has 1 atom stereocenters. The lowest BCUT2D eigenvalue weighted by Crippen LogP contribution is -2.33. The van der Waals surface area contributed by atoms with Crippen LogP contribution < -0.4 is 9.47 Å². The Bertz CT molecular complexity index is 1100. The lowest BCUT2D eigenvalue weighted by Gasteiger charge is -2.32. The average Bonchev–Trinajstić information content (AvgIpc) is 2.90. The summed E-state index contributed by atoms with van der Waals surface area (Å²) in [4.78, 5) is 14.1. The van der Waals surface area contributed by atoms with Gasteiger partial charge >= 0.3 is 5.97 Å². The number of nitrogens with zero attached hydrogens (tertiary/aromatic N) is 1. The van der Waals surface area contributed by atoms with E-state index in [1.165, 1.54) is 31.1 Å². The van der Waals surface area contributed by atoms with E-state index < -0.39 is 0 Å². The summed E-state index contributed by atoms with van der Waals surface area (Å²) < 4.78 is 16.8. The summed E-state index contributed by atoms with van der Waals surface area (Å²) in [7, 11) is 1.41. The van der Waals surface area contributed by atoms with Crippen LogP contribution in [-0.4, -0.2) is 37.7 Å². The monoisotopic (exact) mass is 457 g/mol. The molecule has 0 radical (unpaired) electrons. The molecule has 3 aromatic rings. The summed E-state index contributed by atoms with van der Waals surface area (Å²) >= 11 is 0. The quantitative estimate of drug-likeness (QED) is 0.461. The van der Waals surface area contributed by atoms with E-state index in [4.69, 9.17) is 14.2 Å². The van der Waals surface area contributed by atoms with Crippen molar-refractivity contribution >= 4 is 5.97 Å². The minimum Gasteiger partial charge on any atom is -0.485 e. The molecule has 0 aliphatic carbocycles. The number of para-hydroxylation sites is 2. The van der Waals surface area contributed by atoms with Gasteiger partial charge in [-0.25, -0.2) is 4.79 Å². The fourth-order valence-electron chi connectivity index (χ4n) is 4.86. The molecule has 34 heavy (non-hydrogen) atoms. The van der Waals surface area contributed by atoms with Gasteiger partial charge in [-0.05, 0) is 79.2 Å². The van der Waals surface area contributed by atoms with Crippen molar-refractivity contribution < 1.29 is 19.0 Å². The van der Waals surface area contributed by atoms with Gasteiger partial charge in [-0.2, -0.15) is 0 Å². The fourth-order valence-corrected chi connectivity index (χ4v) is 4.86. The van der Waals surface area contributed by atoms with E-state index in [1.807, 2.05) is 36.4 Å². The van der Waals surface area contributed by atoms with E-state index in [0.717, 1.165) is 43.1 Å². The van der Waals surface area contributed by atoms with Crippen molar-refractivity contribution in [3.8, 4) is 11.5 Å². The van der Waals surface area contributed by atoms with Gasteiger partial charge in [0.25, 0.3) is 0 Å². The number of carbonyl (C=O) groups is 1. The average molecular weight is 458 g/mol. The van der Waals surface area contributed by atoms with E-state index in [-0.39, 0.29) is 12.1 Å². The standard InChI is InChI=1S/C29H31NO4/c1-32-29(31)25-12-6-21(7-13-25)18-22-14-16-30(17-15-22)19-23-8-10-24(11-9-23)28-20-33-26-4-2-3-5-27(26)34-28/h2-13,22,28H,14-20H2,1H3. The molecule has 1 saturated heterocycles. The Labute approximate surface area is 201 Å². The lowest BCUT2D eigenvalue weighted by atomic mass is 9.89. The molecule has 176 valence electrons. The highest BCUT2D eigenvalue weighted by Crippen LogP contribution is 2.36. The molecule has 2 aliphatic heterocycles. The fraction of sp³-hybridized carbons (Fsp3) is 0.345. The third-order valence-corrected chi connectivity index (χ3v) is 6.87. The first kappa shape index (κ1) is 22.5. The van der Waals surface area contributed by atoms with Crippen molar-refractivity contribution in [3.05, 3.63) is 95.1 Å². The number of esters is 1. The van der Waals surface area contributed by atoms with Crippen molar-refractivity contribution in [2.45, 2.75) is 31.9 Å². The maximum Gasteiger partial charge on any atom is 0.337 e. The largest absolute Gasteiger partial charge is 0.485 e. The van der Waals surface area contributed by atoms with Gasteiger partial charge in [0.05, 0.1) is 12.7 Å². The summed E-state index contributed by atoms with van der Waals surface area (Å²) in [5, 5.41) is 0. The number of rotatable bonds is 6. The number of carbonyl (C=O) groups excluding carboxylic acids is 1. The Morgan fingerprint density at radius 1 is 0.912 bits per heavy atom. The summed E-state index contributed by atoms with van der Waals surface area (Å²) in [6.07, 6.45) is 3.39. The molecule has 5 heteroatoms. The van der Waals surface area contributed by atoms with E-state index in [9.17, 15) is 4.79 Å². The second-order valence-electron chi connectivity index (χ2n) is 9.22. The summed E-state index contributed by atoms with van der Waals surface area (Å²) in [6, 6.07) is 24.4. The topological polar surface area (TPSA) is 48.0 Å². The van der Waals surface area contributed by atoms with Crippen molar-refractivity contribution in [1.82, 2.24) is 4.90 Å². The molecule has 0 amide bonds. The summed E-state index contributed by atoms with van der Waals surface area (Å²) in [6.45, 7) is 3.74. The molecule has 0 N–H and O–H groups in total. The molecule has 2 aliphatic rings. The Kier molecular flexibility index (Phi) is 6.82. The zero-order valence-corrected chi connectivity index (χ0v) is 19.6. The first-order valence-electron chi connectivity index (χ1n) is 12.0. The van der Waals surface area contributed by atoms with Gasteiger partial charge in [-0.3, -0.25) is 4.90 Å². The first-order chi connectivity index (χ1) is 16.7. The second-order valence-corrected chi connectivity index (χ2v) is 9.22. The van der Waals surface area contributed by atoms with Gasteiger partial charge in [0.2, 0.25) is 0 Å². The number of likely N-dealkylation sites (tertiary alicyclic amines) is 1. The minimum absolute atomic E-state index is 0.0682. The van der Waals surface area contributed by atoms with Gasteiger partial charge in [-0.1, -0.05) is 48.5 Å². The predicted molar refractivity (Wildman–Crippen MR) is 131 cm³/mol. The maximum absolute atomic E-state index is 11.6. The third-order valence-electron chi connectivity index (χ3n) is 6.87. The van der Waals surface area contributed by atoms with Crippen LogP contribution in [0.3, 0.4) is 0 Å². The Hall–Kier alpha value is -3.31. The highest BCUT2D eigenvalue weighted by atomic mass is 16.6. The zero-order chi connectivity index (χ0) is 23.3. The van der Waals surface area contributed by atoms with Crippen LogP contribution in [0.4, 0.5) is 0 Å². The summed E-state index contributed by atoms with van der Waals surface area (Å²) in [5.74, 6) is 2.04. The molecule has 0 spiro atoms. The molecule has 3 aromatic carbocycles. The first-order valence-corrected chi connectivity index (χ1v) is 12.0. The molecule has 1 fully saturated rings. The molecule has 0 bridgehead atoms. The van der Waals surface area contributed by atoms with Crippen LogP contribution in [0, 0.1) is 5.92 Å². The predicted octanol–water partition coefficient (Wildman–Crippen LogP) is 5.44. The number of fused-ring (bicyclic) bond motifs is 1. The van der Waals surface area contributed by atoms with E-state index in [2.05, 4.69) is 41.3 Å². The molecule has 5 rings (SSSR count). The minimum atomic E-state index is -0.280. The Morgan fingerprint density at radius 3 is 2.29 bits per heavy atom. The smallest absolute Gasteiger partial charge is 0.337 e. The molecular formula is C29H31NO4. The highest BCUT2D eigenvalue weighted by molar-refractivity contribution is 5.89. The van der Waals surface area contributed by atoms with Crippen molar-refractivity contribution in [1.29, 1.82) is 0 Å². The van der Waals surface area contributed by atoms with Gasteiger partial charge in [-0.15, -0.1) is 0 Å². The van der Waals surface area contributed by atoms with Gasteiger partial charge in [0, 0.05) is 6.54 Å². The van der Waals surface area contributed by atoms with Crippen LogP contribution in [0.2, 0.25) is 0 Å². The normalized spacial score (nSPS) is 18.4. The Morgan fingerprint density at radius 2 is 1.59 bits per heavy atom. The molecule has 1 unspecified atom stereocenters. The second kappa shape index (κ2) is 10.3. The molecule has 0 aromatic heterocycles. The van der Waals surface area contributed by atoms with Crippen LogP contribution in [0.15, 0.2) is 72.8 Å². The van der Waals surface area contributed by atoms with E-state index in [0.29, 0.717) is 18.1 Å². The van der Waals surface area contributed by atoms with Crippen molar-refractivity contribution in [3.63, 3.8) is 0 Å². The number of ether oxygens (including phenoxy) is 3. The van der Waals surface area contributed by atoms with E-state index >= 15 is 0 Å². The molecular weight excluding hydrogens is 426 g/mol. The number of piperidine rings is 1. The van der Waals surface area contributed by atoms with Crippen LogP contribution in [-0.2, 0) is 17.7 Å². The van der Waals surface area contributed by atoms with Crippen LogP contribution in [0.1, 0.15) is 46.0 Å². The maximum atomic E-state index is 11.6. The number of hydrogen-bond acceptors (Lipinski definition) is 5. The number of benzene rings is 3. The summed E-state index contributed by atoms with van der Waals surface area (Å²) in [5.41, 5.74) is 4.38. The number of methoxy groups -OCH3 is 1. The molecule has 0 saturated carbocycles. The zero-order valence-electron chi connectivity index (χ0n) is 19.6. The molecule has 5 nitrogen and oxygen atoms in total. The lowest BCUT2D eigenvalue weighted by molar-refractivity contribution is 0.0600. The van der Waals surface area contributed by atoms with E-state index in [1.54, 1.807) is 0 Å².